The molecule has 2 amide bonds. The van der Waals surface area contributed by atoms with Gasteiger partial charge in [0.25, 0.3) is 0 Å². The Morgan fingerprint density at radius 3 is 2.42 bits per heavy atom. The molecule has 2 aromatic carbocycles. The number of anilines is 2. The number of nitrogens with one attached hydrogen (secondary N) is 2. The van der Waals surface area contributed by atoms with Crippen molar-refractivity contribution in [2.45, 2.75) is 6.92 Å². The summed E-state index contributed by atoms with van der Waals surface area (Å²) >= 11 is 2.20. The topological polar surface area (TPSA) is 41.1 Å². The van der Waals surface area contributed by atoms with Gasteiger partial charge in [0.2, 0.25) is 0 Å². The van der Waals surface area contributed by atoms with Gasteiger partial charge in [-0.25, -0.2) is 9.18 Å². The highest BCUT2D eigenvalue weighted by Gasteiger charge is 2.04. The molecule has 0 bridgehead atoms. The van der Waals surface area contributed by atoms with E-state index in [2.05, 4.69) is 33.2 Å². The number of amides is 2. The highest BCUT2D eigenvalue weighted by Crippen LogP contribution is 2.17. The van der Waals surface area contributed by atoms with Gasteiger partial charge in [-0.3, -0.25) is 0 Å². The van der Waals surface area contributed by atoms with Crippen molar-refractivity contribution < 1.29 is 9.18 Å². The van der Waals surface area contributed by atoms with Crippen molar-refractivity contribution in [2.24, 2.45) is 0 Å². The lowest BCUT2D eigenvalue weighted by molar-refractivity contribution is 0.262. The van der Waals surface area contributed by atoms with Crippen molar-refractivity contribution in [1.82, 2.24) is 0 Å². The first kappa shape index (κ1) is 13.8. The minimum absolute atomic E-state index is 0.386. The van der Waals surface area contributed by atoms with Crippen LogP contribution in [0.25, 0.3) is 0 Å². The molecule has 0 atom stereocenters. The Bertz CT molecular complexity index is 616. The fraction of sp³-hybridized carbons (Fsp3) is 0.0714. The zero-order valence-electron chi connectivity index (χ0n) is 10.2. The molecule has 0 heterocycles. The Labute approximate surface area is 124 Å². The van der Waals surface area contributed by atoms with E-state index in [0.29, 0.717) is 11.4 Å². The van der Waals surface area contributed by atoms with Crippen molar-refractivity contribution in [1.29, 1.82) is 0 Å². The minimum Gasteiger partial charge on any atom is -0.308 e. The van der Waals surface area contributed by atoms with E-state index in [1.807, 2.05) is 25.1 Å². The van der Waals surface area contributed by atoms with Gasteiger partial charge in [-0.1, -0.05) is 12.1 Å². The molecular formula is C14H12FIN2O. The van der Waals surface area contributed by atoms with Crippen molar-refractivity contribution in [2.75, 3.05) is 10.6 Å². The lowest BCUT2D eigenvalue weighted by atomic mass is 10.2. The third-order valence-corrected chi connectivity index (χ3v) is 3.67. The molecular weight excluding hydrogens is 358 g/mol. The van der Waals surface area contributed by atoms with Crippen LogP contribution in [-0.4, -0.2) is 6.03 Å². The fourth-order valence-corrected chi connectivity index (χ4v) is 2.05. The number of halogens is 2. The summed E-state index contributed by atoms with van der Waals surface area (Å²) in [6.07, 6.45) is 0. The third kappa shape index (κ3) is 3.92. The van der Waals surface area contributed by atoms with Gasteiger partial charge >= 0.3 is 6.03 Å². The summed E-state index contributed by atoms with van der Waals surface area (Å²) in [4.78, 5) is 11.7. The highest BCUT2D eigenvalue weighted by atomic mass is 127. The number of aryl methyl sites for hydroxylation is 1. The van der Waals surface area contributed by atoms with Crippen LogP contribution < -0.4 is 10.6 Å². The van der Waals surface area contributed by atoms with Crippen LogP contribution in [0.2, 0.25) is 0 Å². The molecule has 2 aromatic rings. The molecule has 3 nitrogen and oxygen atoms in total. The first-order chi connectivity index (χ1) is 9.04. The Morgan fingerprint density at radius 1 is 1.11 bits per heavy atom. The average molecular weight is 370 g/mol. The van der Waals surface area contributed by atoms with Crippen molar-refractivity contribution in [3.05, 3.63) is 57.4 Å². The molecule has 0 spiro atoms. The predicted molar refractivity (Wildman–Crippen MR) is 82.9 cm³/mol. The third-order valence-electron chi connectivity index (χ3n) is 2.51. The Balaban J connectivity index is 2.03. The van der Waals surface area contributed by atoms with Crippen LogP contribution in [0.5, 0.6) is 0 Å². The predicted octanol–water partition coefficient (Wildman–Crippen LogP) is 4.38. The Morgan fingerprint density at radius 2 is 1.79 bits per heavy atom. The van der Waals surface area contributed by atoms with E-state index in [4.69, 9.17) is 0 Å². The van der Waals surface area contributed by atoms with Gasteiger partial charge in [-0.2, -0.15) is 0 Å². The quantitative estimate of drug-likeness (QED) is 0.757. The Kier molecular flexibility index (Phi) is 4.36. The van der Waals surface area contributed by atoms with E-state index in [1.165, 1.54) is 12.1 Å². The van der Waals surface area contributed by atoms with Gasteiger partial charge in [0.15, 0.2) is 0 Å². The molecule has 0 radical (unpaired) electrons. The highest BCUT2D eigenvalue weighted by molar-refractivity contribution is 14.1. The molecule has 0 saturated heterocycles. The van der Waals surface area contributed by atoms with Crippen LogP contribution in [0.4, 0.5) is 20.6 Å². The molecule has 98 valence electrons. The van der Waals surface area contributed by atoms with E-state index in [0.717, 1.165) is 9.13 Å². The van der Waals surface area contributed by atoms with E-state index in [9.17, 15) is 9.18 Å². The van der Waals surface area contributed by atoms with Crippen LogP contribution in [-0.2, 0) is 0 Å². The average Bonchev–Trinajstić information content (AvgIpc) is 2.34. The SMILES string of the molecule is Cc1ccc(NC(=O)Nc2cccc(F)c2)cc1I. The molecule has 0 aliphatic rings. The van der Waals surface area contributed by atoms with Crippen LogP contribution in [0.15, 0.2) is 42.5 Å². The first-order valence-corrected chi connectivity index (χ1v) is 6.72. The van der Waals surface area contributed by atoms with Crippen molar-refractivity contribution >= 4 is 40.0 Å². The number of hydrogen-bond acceptors (Lipinski definition) is 1. The van der Waals surface area contributed by atoms with E-state index in [-0.39, 0.29) is 5.82 Å². The van der Waals surface area contributed by atoms with Gasteiger partial charge in [0.05, 0.1) is 0 Å². The lowest BCUT2D eigenvalue weighted by Crippen LogP contribution is -2.19. The summed E-state index contributed by atoms with van der Waals surface area (Å²) in [5.41, 5.74) is 2.26. The molecule has 0 fully saturated rings. The number of carbonyl (C=O) groups excluding carboxylic acids is 1. The second-order valence-electron chi connectivity index (χ2n) is 4.05. The molecule has 0 aliphatic carbocycles. The fourth-order valence-electron chi connectivity index (χ4n) is 1.53. The molecule has 19 heavy (non-hydrogen) atoms. The molecule has 5 heteroatoms. The van der Waals surface area contributed by atoms with Crippen LogP contribution in [0.3, 0.4) is 0 Å². The first-order valence-electron chi connectivity index (χ1n) is 5.64. The Hall–Kier alpha value is -1.63. The van der Waals surface area contributed by atoms with Gasteiger partial charge in [-0.15, -0.1) is 0 Å². The van der Waals surface area contributed by atoms with Crippen LogP contribution >= 0.6 is 22.6 Å². The lowest BCUT2D eigenvalue weighted by Gasteiger charge is -2.08. The second kappa shape index (κ2) is 6.01. The summed E-state index contributed by atoms with van der Waals surface area (Å²) in [6, 6.07) is 11.0. The van der Waals surface area contributed by atoms with Gasteiger partial charge in [-0.05, 0) is 65.4 Å². The second-order valence-corrected chi connectivity index (χ2v) is 5.22. The van der Waals surface area contributed by atoms with E-state index >= 15 is 0 Å². The van der Waals surface area contributed by atoms with Gasteiger partial charge in [0, 0.05) is 14.9 Å². The number of benzene rings is 2. The largest absolute Gasteiger partial charge is 0.323 e. The summed E-state index contributed by atoms with van der Waals surface area (Å²) in [6.45, 7) is 2.00. The maximum absolute atomic E-state index is 13.0. The summed E-state index contributed by atoms with van der Waals surface area (Å²) in [5.74, 6) is -0.386. The van der Waals surface area contributed by atoms with Crippen LogP contribution in [0, 0.1) is 16.3 Å². The maximum Gasteiger partial charge on any atom is 0.323 e. The zero-order valence-corrected chi connectivity index (χ0v) is 12.4. The molecule has 0 saturated carbocycles. The monoisotopic (exact) mass is 370 g/mol. The number of urea groups is 1. The van der Waals surface area contributed by atoms with Crippen molar-refractivity contribution in [3.8, 4) is 0 Å². The molecule has 0 unspecified atom stereocenters. The van der Waals surface area contributed by atoms with E-state index < -0.39 is 6.03 Å². The number of carbonyl (C=O) groups is 1. The van der Waals surface area contributed by atoms with E-state index in [1.54, 1.807) is 12.1 Å². The van der Waals surface area contributed by atoms with Gasteiger partial charge < -0.3 is 10.6 Å². The molecule has 0 aromatic heterocycles. The minimum atomic E-state index is -0.398. The normalized spacial score (nSPS) is 10.1. The number of hydrogen-bond donors (Lipinski definition) is 2. The van der Waals surface area contributed by atoms with Crippen LogP contribution in [0.1, 0.15) is 5.56 Å². The summed E-state index contributed by atoms with van der Waals surface area (Å²) < 4.78 is 14.0. The molecule has 0 aliphatic heterocycles. The molecule has 2 N–H and O–H groups in total. The smallest absolute Gasteiger partial charge is 0.308 e. The van der Waals surface area contributed by atoms with Gasteiger partial charge in [0.1, 0.15) is 5.82 Å². The zero-order chi connectivity index (χ0) is 13.8. The molecule has 2 rings (SSSR count). The standard InChI is InChI=1S/C14H12FIN2O/c1-9-5-6-12(8-13(9)16)18-14(19)17-11-4-2-3-10(15)7-11/h2-8H,1H3,(H2,17,18,19). The maximum atomic E-state index is 13.0. The number of rotatable bonds is 2. The summed E-state index contributed by atoms with van der Waals surface area (Å²) in [5, 5.41) is 5.27. The van der Waals surface area contributed by atoms with Crippen molar-refractivity contribution in [3.63, 3.8) is 0 Å². The summed E-state index contributed by atoms with van der Waals surface area (Å²) in [7, 11) is 0.